The maximum Gasteiger partial charge on any atom is 0.258 e. The Morgan fingerprint density at radius 1 is 1.44 bits per heavy atom. The van der Waals surface area contributed by atoms with Gasteiger partial charge in [0.05, 0.1) is 6.20 Å². The van der Waals surface area contributed by atoms with Crippen LogP contribution in [0.5, 0.6) is 0 Å². The molecule has 0 amide bonds. The molecule has 0 spiro atoms. The monoisotopic (exact) mass is 270 g/mol. The van der Waals surface area contributed by atoms with Crippen LogP contribution in [0.4, 0.5) is 0 Å². The van der Waals surface area contributed by atoms with E-state index >= 15 is 0 Å². The fourth-order valence-electron chi connectivity index (χ4n) is 2.68. The molecule has 6 nitrogen and oxygen atoms in total. The van der Waals surface area contributed by atoms with Gasteiger partial charge in [-0.25, -0.2) is 18.1 Å². The Labute approximate surface area is 107 Å². The number of fused-ring (bicyclic) bond motifs is 1. The Balaban J connectivity index is 1.81. The van der Waals surface area contributed by atoms with Gasteiger partial charge in [-0.15, -0.1) is 0 Å². The molecule has 1 atom stereocenters. The third-order valence-electron chi connectivity index (χ3n) is 3.58. The van der Waals surface area contributed by atoms with E-state index in [9.17, 15) is 8.42 Å². The van der Waals surface area contributed by atoms with Gasteiger partial charge in [-0.2, -0.15) is 0 Å². The predicted octanol–water partition coefficient (Wildman–Crippen LogP) is -0.140. The van der Waals surface area contributed by atoms with Crippen LogP contribution in [0.1, 0.15) is 25.1 Å². The first-order valence-electron chi connectivity index (χ1n) is 6.44. The van der Waals surface area contributed by atoms with Gasteiger partial charge in [0.25, 0.3) is 10.0 Å². The summed E-state index contributed by atoms with van der Waals surface area (Å²) in [5.74, 6) is 0.886. The largest absolute Gasteiger partial charge is 0.318 e. The van der Waals surface area contributed by atoms with E-state index in [4.69, 9.17) is 0 Å². The van der Waals surface area contributed by atoms with Crippen LogP contribution in [0.2, 0.25) is 0 Å². The fraction of sp³-hybridized carbons (Fsp3) is 0.727. The standard InChI is InChI=1S/C11H18N4O2S/c16-18(17,14-9-3-1-5-12-7-9)11-8-13-10-4-2-6-15(10)11/h8-9,12,14H,1-7H2/t9-/m1/s1. The molecule has 2 aliphatic heterocycles. The summed E-state index contributed by atoms with van der Waals surface area (Å²) in [6, 6.07) is -0.00342. The Hall–Kier alpha value is -0.920. The molecule has 0 saturated carbocycles. The highest BCUT2D eigenvalue weighted by atomic mass is 32.2. The normalized spacial score (nSPS) is 24.1. The second-order valence-corrected chi connectivity index (χ2v) is 6.59. The predicted molar refractivity (Wildman–Crippen MR) is 66.8 cm³/mol. The summed E-state index contributed by atoms with van der Waals surface area (Å²) in [5, 5.41) is 3.53. The molecule has 0 aromatic carbocycles. The third kappa shape index (κ3) is 2.17. The lowest BCUT2D eigenvalue weighted by Crippen LogP contribution is -2.45. The summed E-state index contributed by atoms with van der Waals surface area (Å²) in [4.78, 5) is 4.18. The van der Waals surface area contributed by atoms with Crippen molar-refractivity contribution in [2.24, 2.45) is 0 Å². The molecule has 2 N–H and O–H groups in total. The van der Waals surface area contributed by atoms with Gasteiger partial charge < -0.3 is 9.88 Å². The number of nitrogens with zero attached hydrogens (tertiary/aromatic N) is 2. The van der Waals surface area contributed by atoms with Crippen molar-refractivity contribution in [3.05, 3.63) is 12.0 Å². The van der Waals surface area contributed by atoms with Crippen molar-refractivity contribution in [2.75, 3.05) is 13.1 Å². The number of piperidine rings is 1. The topological polar surface area (TPSA) is 76.0 Å². The molecule has 1 saturated heterocycles. The number of sulfonamides is 1. The first-order valence-corrected chi connectivity index (χ1v) is 7.92. The van der Waals surface area contributed by atoms with Gasteiger partial charge in [-0.05, 0) is 25.8 Å². The molecule has 7 heteroatoms. The molecule has 2 aliphatic rings. The van der Waals surface area contributed by atoms with E-state index in [2.05, 4.69) is 15.0 Å². The molecule has 0 bridgehead atoms. The lowest BCUT2D eigenvalue weighted by atomic mass is 10.1. The van der Waals surface area contributed by atoms with Gasteiger partial charge in [-0.1, -0.05) is 0 Å². The molecular weight excluding hydrogens is 252 g/mol. The number of nitrogens with one attached hydrogen (secondary N) is 2. The highest BCUT2D eigenvalue weighted by Gasteiger charge is 2.27. The number of rotatable bonds is 3. The van der Waals surface area contributed by atoms with Crippen molar-refractivity contribution in [2.45, 2.75) is 43.3 Å². The molecule has 0 radical (unpaired) electrons. The van der Waals surface area contributed by atoms with E-state index in [0.717, 1.165) is 44.6 Å². The fourth-order valence-corrected chi connectivity index (χ4v) is 4.12. The smallest absolute Gasteiger partial charge is 0.258 e. The molecule has 18 heavy (non-hydrogen) atoms. The van der Waals surface area contributed by atoms with E-state index < -0.39 is 10.0 Å². The van der Waals surface area contributed by atoms with Crippen molar-refractivity contribution >= 4 is 10.0 Å². The van der Waals surface area contributed by atoms with Crippen molar-refractivity contribution < 1.29 is 8.42 Å². The van der Waals surface area contributed by atoms with Crippen LogP contribution in [0.25, 0.3) is 0 Å². The number of aromatic nitrogens is 2. The minimum Gasteiger partial charge on any atom is -0.318 e. The summed E-state index contributed by atoms with van der Waals surface area (Å²) in [7, 11) is -3.43. The van der Waals surface area contributed by atoms with Gasteiger partial charge in [0.15, 0.2) is 5.03 Å². The summed E-state index contributed by atoms with van der Waals surface area (Å²) < 4.78 is 29.2. The van der Waals surface area contributed by atoms with Gasteiger partial charge in [0, 0.05) is 25.6 Å². The van der Waals surface area contributed by atoms with Crippen molar-refractivity contribution in [1.82, 2.24) is 19.6 Å². The van der Waals surface area contributed by atoms with E-state index in [1.807, 2.05) is 4.57 Å². The molecule has 0 unspecified atom stereocenters. The third-order valence-corrected chi connectivity index (χ3v) is 5.10. The zero-order chi connectivity index (χ0) is 12.6. The van der Waals surface area contributed by atoms with Crippen LogP contribution in [0.3, 0.4) is 0 Å². The maximum atomic E-state index is 12.3. The molecule has 3 heterocycles. The molecule has 1 aromatic heterocycles. The Kier molecular flexibility index (Phi) is 3.13. The quantitative estimate of drug-likeness (QED) is 0.801. The second-order valence-electron chi connectivity index (χ2n) is 4.93. The number of hydrogen-bond acceptors (Lipinski definition) is 4. The second kappa shape index (κ2) is 4.64. The van der Waals surface area contributed by atoms with Crippen LogP contribution in [-0.4, -0.2) is 37.1 Å². The number of hydrogen-bond donors (Lipinski definition) is 2. The minimum atomic E-state index is -3.43. The van der Waals surface area contributed by atoms with Crippen LogP contribution < -0.4 is 10.0 Å². The summed E-state index contributed by atoms with van der Waals surface area (Å²) >= 11 is 0. The average molecular weight is 270 g/mol. The Morgan fingerprint density at radius 2 is 2.33 bits per heavy atom. The summed E-state index contributed by atoms with van der Waals surface area (Å²) in [5.41, 5.74) is 0. The Bertz CT molecular complexity index is 531. The van der Waals surface area contributed by atoms with Crippen LogP contribution in [-0.2, 0) is 23.0 Å². The van der Waals surface area contributed by atoms with E-state index in [-0.39, 0.29) is 6.04 Å². The zero-order valence-corrected chi connectivity index (χ0v) is 11.0. The van der Waals surface area contributed by atoms with Crippen molar-refractivity contribution in [3.8, 4) is 0 Å². The molecule has 3 rings (SSSR count). The highest BCUT2D eigenvalue weighted by Crippen LogP contribution is 2.20. The molecule has 1 aromatic rings. The molecule has 100 valence electrons. The number of imidazole rings is 1. The summed E-state index contributed by atoms with van der Waals surface area (Å²) in [6.45, 7) is 2.44. The van der Waals surface area contributed by atoms with Gasteiger partial charge in [0.1, 0.15) is 5.82 Å². The Morgan fingerprint density at radius 3 is 3.11 bits per heavy atom. The first kappa shape index (κ1) is 12.1. The lowest BCUT2D eigenvalue weighted by molar-refractivity contribution is 0.427. The average Bonchev–Trinajstić information content (AvgIpc) is 2.90. The van der Waals surface area contributed by atoms with Crippen LogP contribution in [0.15, 0.2) is 11.2 Å². The zero-order valence-electron chi connectivity index (χ0n) is 10.2. The van der Waals surface area contributed by atoms with Crippen molar-refractivity contribution in [1.29, 1.82) is 0 Å². The van der Waals surface area contributed by atoms with Gasteiger partial charge in [0.2, 0.25) is 0 Å². The molecule has 0 aliphatic carbocycles. The molecular formula is C11H18N4O2S. The maximum absolute atomic E-state index is 12.3. The van der Waals surface area contributed by atoms with E-state index in [1.165, 1.54) is 6.20 Å². The van der Waals surface area contributed by atoms with Crippen molar-refractivity contribution in [3.63, 3.8) is 0 Å². The summed E-state index contributed by atoms with van der Waals surface area (Å²) in [6.07, 6.45) is 5.25. The first-order chi connectivity index (χ1) is 8.67. The van der Waals surface area contributed by atoms with Gasteiger partial charge in [-0.3, -0.25) is 0 Å². The minimum absolute atomic E-state index is 0.00342. The number of aryl methyl sites for hydroxylation is 1. The van der Waals surface area contributed by atoms with Crippen LogP contribution in [0, 0.1) is 0 Å². The highest BCUT2D eigenvalue weighted by molar-refractivity contribution is 7.89. The lowest BCUT2D eigenvalue weighted by Gasteiger charge is -2.23. The van der Waals surface area contributed by atoms with Crippen LogP contribution >= 0.6 is 0 Å². The van der Waals surface area contributed by atoms with E-state index in [1.54, 1.807) is 0 Å². The van der Waals surface area contributed by atoms with Gasteiger partial charge >= 0.3 is 0 Å². The SMILES string of the molecule is O=S(=O)(N[C@@H]1CCCNC1)c1cnc2n1CCC2. The molecule has 1 fully saturated rings. The van der Waals surface area contributed by atoms with E-state index in [0.29, 0.717) is 11.6 Å².